The molecule has 6 nitrogen and oxygen atoms in total. The number of nitrogens with zero attached hydrogens (tertiary/aromatic N) is 2. The van der Waals surface area contributed by atoms with E-state index in [1.165, 1.54) is 11.6 Å². The molecule has 2 heterocycles. The van der Waals surface area contributed by atoms with Crippen LogP contribution in [0, 0.1) is 0 Å². The maximum atomic E-state index is 12.7. The number of ether oxygens (including phenoxy) is 1. The van der Waals surface area contributed by atoms with Crippen molar-refractivity contribution < 1.29 is 19.4 Å². The summed E-state index contributed by atoms with van der Waals surface area (Å²) in [5, 5.41) is 8.77. The smallest absolute Gasteiger partial charge is 0.246 e. The third-order valence-electron chi connectivity index (χ3n) is 5.08. The van der Waals surface area contributed by atoms with E-state index < -0.39 is 6.61 Å². The van der Waals surface area contributed by atoms with Crippen LogP contribution >= 0.6 is 0 Å². The second kappa shape index (κ2) is 10.5. The van der Waals surface area contributed by atoms with Gasteiger partial charge in [-0.3, -0.25) is 9.59 Å². The van der Waals surface area contributed by atoms with E-state index in [0.717, 1.165) is 25.1 Å². The number of piperidine rings is 1. The summed E-state index contributed by atoms with van der Waals surface area (Å²) >= 11 is 0. The van der Waals surface area contributed by atoms with Gasteiger partial charge in [-0.2, -0.15) is 0 Å². The molecule has 0 spiro atoms. The third-order valence-corrected chi connectivity index (χ3v) is 5.08. The lowest BCUT2D eigenvalue weighted by atomic mass is 9.90. The topological polar surface area (TPSA) is 79.7 Å². The minimum absolute atomic E-state index is 0.0409. The first-order valence-electron chi connectivity index (χ1n) is 9.99. The van der Waals surface area contributed by atoms with Crippen LogP contribution in [0.4, 0.5) is 0 Å². The number of hydrogen-bond donors (Lipinski definition) is 1. The number of hydrogen-bond acceptors (Lipinski definition) is 5. The molecule has 0 radical (unpaired) electrons. The maximum absolute atomic E-state index is 12.7. The van der Waals surface area contributed by atoms with Crippen molar-refractivity contribution in [3.05, 3.63) is 71.6 Å². The minimum Gasteiger partial charge on any atom is -0.497 e. The van der Waals surface area contributed by atoms with Crippen LogP contribution in [0.5, 0.6) is 5.75 Å². The van der Waals surface area contributed by atoms with E-state index in [2.05, 4.69) is 11.1 Å². The number of ketones is 1. The van der Waals surface area contributed by atoms with Gasteiger partial charge in [0.25, 0.3) is 0 Å². The van der Waals surface area contributed by atoms with Crippen LogP contribution in [-0.2, 0) is 9.59 Å². The zero-order valence-electron chi connectivity index (χ0n) is 17.0. The molecule has 1 fully saturated rings. The first kappa shape index (κ1) is 21.5. The van der Waals surface area contributed by atoms with Gasteiger partial charge < -0.3 is 14.7 Å². The van der Waals surface area contributed by atoms with E-state index in [1.807, 2.05) is 23.1 Å². The van der Waals surface area contributed by atoms with Gasteiger partial charge >= 0.3 is 0 Å². The molecule has 1 atom stereocenters. The first-order valence-corrected chi connectivity index (χ1v) is 9.99. The molecule has 0 aliphatic carbocycles. The average Bonchev–Trinajstić information content (AvgIpc) is 2.81. The Bertz CT molecular complexity index is 952. The monoisotopic (exact) mass is 406 g/mol. The van der Waals surface area contributed by atoms with Crippen LogP contribution in [0.25, 0.3) is 12.2 Å². The SMILES string of the molecule is COc1cccc(C2CCCN(C(=O)/C=C/c3cccc(/C=C/C(=O)CO)n3)C2)c1. The van der Waals surface area contributed by atoms with Crippen molar-refractivity contribution in [2.75, 3.05) is 26.8 Å². The summed E-state index contributed by atoms with van der Waals surface area (Å²) in [6.07, 6.45) is 8.06. The maximum Gasteiger partial charge on any atom is 0.246 e. The van der Waals surface area contributed by atoms with Gasteiger partial charge in [-0.1, -0.05) is 18.2 Å². The Balaban J connectivity index is 1.64. The number of aliphatic hydroxyl groups is 1. The van der Waals surface area contributed by atoms with Crippen LogP contribution in [0.3, 0.4) is 0 Å². The summed E-state index contributed by atoms with van der Waals surface area (Å²) in [5.74, 6) is 0.697. The van der Waals surface area contributed by atoms with Gasteiger partial charge in [-0.15, -0.1) is 0 Å². The molecule has 1 aliphatic rings. The predicted octanol–water partition coefficient (Wildman–Crippen LogP) is 3.08. The van der Waals surface area contributed by atoms with Crippen molar-refractivity contribution in [2.24, 2.45) is 0 Å². The molecule has 1 N–H and O–H groups in total. The molecular weight excluding hydrogens is 380 g/mol. The second-order valence-corrected chi connectivity index (χ2v) is 7.18. The summed E-state index contributed by atoms with van der Waals surface area (Å²) in [5.41, 5.74) is 2.40. The fourth-order valence-electron chi connectivity index (χ4n) is 3.49. The summed E-state index contributed by atoms with van der Waals surface area (Å²) in [6, 6.07) is 13.4. The highest BCUT2D eigenvalue weighted by Crippen LogP contribution is 2.29. The molecule has 1 amide bonds. The third kappa shape index (κ3) is 5.87. The van der Waals surface area contributed by atoms with Gasteiger partial charge in [0.2, 0.25) is 5.91 Å². The van der Waals surface area contributed by atoms with Crippen LogP contribution < -0.4 is 4.74 Å². The van der Waals surface area contributed by atoms with Gasteiger partial charge in [-0.25, -0.2) is 4.98 Å². The van der Waals surface area contributed by atoms with Gasteiger partial charge in [-0.05, 0) is 60.9 Å². The highest BCUT2D eigenvalue weighted by molar-refractivity contribution is 5.94. The summed E-state index contributed by atoms with van der Waals surface area (Å²) in [6.45, 7) is 0.885. The molecule has 2 aromatic rings. The molecule has 1 aliphatic heterocycles. The average molecular weight is 406 g/mol. The van der Waals surface area contributed by atoms with Gasteiger partial charge in [0.05, 0.1) is 18.5 Å². The van der Waals surface area contributed by atoms with Gasteiger partial charge in [0.15, 0.2) is 5.78 Å². The minimum atomic E-state index is -0.531. The van der Waals surface area contributed by atoms with E-state index in [-0.39, 0.29) is 11.7 Å². The lowest BCUT2D eigenvalue weighted by Crippen LogP contribution is -2.38. The molecular formula is C24H26N2O4. The Kier molecular flexibility index (Phi) is 7.51. The quantitative estimate of drug-likeness (QED) is 0.715. The van der Waals surface area contributed by atoms with E-state index >= 15 is 0 Å². The van der Waals surface area contributed by atoms with Crippen molar-refractivity contribution in [3.8, 4) is 5.75 Å². The van der Waals surface area contributed by atoms with Crippen molar-refractivity contribution in [1.82, 2.24) is 9.88 Å². The fourth-order valence-corrected chi connectivity index (χ4v) is 3.49. The van der Waals surface area contributed by atoms with Crippen molar-refractivity contribution in [2.45, 2.75) is 18.8 Å². The number of aliphatic hydroxyl groups excluding tert-OH is 1. The number of rotatable bonds is 7. The Labute approximate surface area is 176 Å². The molecule has 30 heavy (non-hydrogen) atoms. The molecule has 1 aromatic carbocycles. The summed E-state index contributed by atoms with van der Waals surface area (Å²) in [4.78, 5) is 30.2. The number of methoxy groups -OCH3 is 1. The largest absolute Gasteiger partial charge is 0.497 e. The van der Waals surface area contributed by atoms with Crippen molar-refractivity contribution in [1.29, 1.82) is 0 Å². The standard InChI is InChI=1S/C24H26N2O4/c1-30-23-9-2-5-18(15-23)19-6-4-14-26(16-19)24(29)13-11-21-8-3-7-20(25-21)10-12-22(28)17-27/h2-3,5,7-13,15,19,27H,4,6,14,16-17H2,1H3/b12-10+,13-11+. The fraction of sp³-hybridized carbons (Fsp3) is 0.292. The van der Waals surface area contributed by atoms with Gasteiger partial charge in [0.1, 0.15) is 12.4 Å². The van der Waals surface area contributed by atoms with E-state index in [1.54, 1.807) is 43.5 Å². The van der Waals surface area contributed by atoms with Crippen LogP contribution in [-0.4, -0.2) is 53.5 Å². The van der Waals surface area contributed by atoms with Gasteiger partial charge in [0, 0.05) is 25.1 Å². The second-order valence-electron chi connectivity index (χ2n) is 7.18. The van der Waals surface area contributed by atoms with E-state index in [4.69, 9.17) is 9.84 Å². The zero-order chi connectivity index (χ0) is 21.3. The molecule has 1 saturated heterocycles. The zero-order valence-corrected chi connectivity index (χ0v) is 17.0. The first-order chi connectivity index (χ1) is 14.6. The predicted molar refractivity (Wildman–Crippen MR) is 116 cm³/mol. The molecule has 1 aromatic heterocycles. The van der Waals surface area contributed by atoms with Crippen molar-refractivity contribution in [3.63, 3.8) is 0 Å². The number of carbonyl (C=O) groups is 2. The Morgan fingerprint density at radius 2 is 1.90 bits per heavy atom. The molecule has 0 saturated carbocycles. The number of aromatic nitrogens is 1. The summed E-state index contributed by atoms with van der Waals surface area (Å²) < 4.78 is 5.32. The van der Waals surface area contributed by atoms with Crippen LogP contribution in [0.2, 0.25) is 0 Å². The van der Waals surface area contributed by atoms with E-state index in [0.29, 0.717) is 23.9 Å². The van der Waals surface area contributed by atoms with Crippen LogP contribution in [0.15, 0.2) is 54.6 Å². The number of pyridine rings is 1. The summed E-state index contributed by atoms with van der Waals surface area (Å²) in [7, 11) is 1.66. The highest BCUT2D eigenvalue weighted by Gasteiger charge is 2.23. The normalized spacial score (nSPS) is 16.9. The lowest BCUT2D eigenvalue weighted by Gasteiger charge is -2.32. The number of amides is 1. The Morgan fingerprint density at radius 3 is 2.63 bits per heavy atom. The Hall–Kier alpha value is -3.25. The van der Waals surface area contributed by atoms with E-state index in [9.17, 15) is 9.59 Å². The molecule has 6 heteroatoms. The number of benzene rings is 1. The molecule has 1 unspecified atom stereocenters. The molecule has 156 valence electrons. The number of carbonyl (C=O) groups excluding carboxylic acids is 2. The number of likely N-dealkylation sites (tertiary alicyclic amines) is 1. The highest BCUT2D eigenvalue weighted by atomic mass is 16.5. The lowest BCUT2D eigenvalue weighted by molar-refractivity contribution is -0.127. The Morgan fingerprint density at radius 1 is 1.17 bits per heavy atom. The molecule has 3 rings (SSSR count). The van der Waals surface area contributed by atoms with Crippen LogP contribution in [0.1, 0.15) is 35.7 Å². The van der Waals surface area contributed by atoms with Crippen molar-refractivity contribution >= 4 is 23.8 Å². The molecule has 0 bridgehead atoms.